The SMILES string of the molecule is CCc1cnc2c(c1)CCc1c(Cl)c(C)cc(OC)c1C2. The van der Waals surface area contributed by atoms with Gasteiger partial charge in [0.15, 0.2) is 0 Å². The number of aromatic nitrogens is 1. The summed E-state index contributed by atoms with van der Waals surface area (Å²) in [5, 5.41) is 0.884. The highest BCUT2D eigenvalue weighted by atomic mass is 35.5. The number of hydrogen-bond acceptors (Lipinski definition) is 2. The first-order valence-corrected chi connectivity index (χ1v) is 7.83. The molecule has 1 aromatic heterocycles. The van der Waals surface area contributed by atoms with Crippen LogP contribution in [-0.2, 0) is 25.7 Å². The molecule has 110 valence electrons. The molecule has 0 unspecified atom stereocenters. The standard InChI is InChI=1S/C18H20ClNO/c1-4-12-8-13-5-6-14-15(9-16(13)20-10-12)17(21-3)7-11(2)18(14)19/h7-8,10H,4-6,9H2,1-3H3. The number of hydrogen-bond donors (Lipinski definition) is 0. The Balaban J connectivity index is 2.13. The van der Waals surface area contributed by atoms with Gasteiger partial charge in [-0.2, -0.15) is 0 Å². The molecule has 0 spiro atoms. The number of fused-ring (bicyclic) bond motifs is 2. The van der Waals surface area contributed by atoms with E-state index in [2.05, 4.69) is 18.0 Å². The van der Waals surface area contributed by atoms with E-state index >= 15 is 0 Å². The highest BCUT2D eigenvalue weighted by Crippen LogP contribution is 2.36. The normalized spacial score (nSPS) is 13.3. The third-order valence-electron chi connectivity index (χ3n) is 4.35. The number of ether oxygens (including phenoxy) is 1. The van der Waals surface area contributed by atoms with Crippen molar-refractivity contribution in [1.29, 1.82) is 0 Å². The summed E-state index contributed by atoms with van der Waals surface area (Å²) in [7, 11) is 1.72. The Morgan fingerprint density at radius 1 is 1.24 bits per heavy atom. The molecule has 0 saturated carbocycles. The molecule has 1 aromatic carbocycles. The number of pyridine rings is 1. The molecule has 0 N–H and O–H groups in total. The fraction of sp³-hybridized carbons (Fsp3) is 0.389. The summed E-state index contributed by atoms with van der Waals surface area (Å²) in [4.78, 5) is 4.68. The second-order valence-corrected chi connectivity index (χ2v) is 6.02. The van der Waals surface area contributed by atoms with Gasteiger partial charge in [-0.15, -0.1) is 0 Å². The van der Waals surface area contributed by atoms with Crippen molar-refractivity contribution >= 4 is 11.6 Å². The molecule has 1 heterocycles. The average molecular weight is 302 g/mol. The summed E-state index contributed by atoms with van der Waals surface area (Å²) < 4.78 is 5.58. The lowest BCUT2D eigenvalue weighted by Crippen LogP contribution is -2.01. The first-order valence-electron chi connectivity index (χ1n) is 7.45. The predicted molar refractivity (Wildman–Crippen MR) is 86.6 cm³/mol. The second-order valence-electron chi connectivity index (χ2n) is 5.65. The number of aryl methyl sites for hydroxylation is 3. The van der Waals surface area contributed by atoms with Crippen LogP contribution in [-0.4, -0.2) is 12.1 Å². The first-order chi connectivity index (χ1) is 10.1. The van der Waals surface area contributed by atoms with Crippen molar-refractivity contribution in [3.05, 3.63) is 56.9 Å². The van der Waals surface area contributed by atoms with Gasteiger partial charge in [0.1, 0.15) is 5.75 Å². The maximum atomic E-state index is 6.54. The molecule has 1 aliphatic rings. The van der Waals surface area contributed by atoms with Gasteiger partial charge in [0.05, 0.1) is 7.11 Å². The fourth-order valence-corrected chi connectivity index (χ4v) is 3.35. The van der Waals surface area contributed by atoms with Gasteiger partial charge in [-0.3, -0.25) is 4.98 Å². The minimum Gasteiger partial charge on any atom is -0.496 e. The minimum atomic E-state index is 0.803. The Morgan fingerprint density at radius 3 is 2.76 bits per heavy atom. The minimum absolute atomic E-state index is 0.803. The van der Waals surface area contributed by atoms with E-state index in [1.807, 2.05) is 19.2 Å². The number of rotatable bonds is 2. The van der Waals surface area contributed by atoms with Gasteiger partial charge >= 0.3 is 0 Å². The van der Waals surface area contributed by atoms with Gasteiger partial charge in [0.2, 0.25) is 0 Å². The van der Waals surface area contributed by atoms with Crippen LogP contribution in [0.2, 0.25) is 5.02 Å². The quantitative estimate of drug-likeness (QED) is 0.825. The molecular weight excluding hydrogens is 282 g/mol. The van der Waals surface area contributed by atoms with Crippen LogP contribution in [0.1, 0.15) is 40.4 Å². The van der Waals surface area contributed by atoms with E-state index in [0.29, 0.717) is 0 Å². The maximum Gasteiger partial charge on any atom is 0.123 e. The average Bonchev–Trinajstić information content (AvgIpc) is 2.69. The van der Waals surface area contributed by atoms with Gasteiger partial charge in [0.25, 0.3) is 0 Å². The highest BCUT2D eigenvalue weighted by molar-refractivity contribution is 6.32. The molecule has 0 fully saturated rings. The number of methoxy groups -OCH3 is 1. The highest BCUT2D eigenvalue weighted by Gasteiger charge is 2.21. The van der Waals surface area contributed by atoms with Gasteiger partial charge in [-0.05, 0) is 54.5 Å². The van der Waals surface area contributed by atoms with E-state index in [-0.39, 0.29) is 0 Å². The molecule has 0 amide bonds. The first kappa shape index (κ1) is 14.4. The molecule has 2 nitrogen and oxygen atoms in total. The van der Waals surface area contributed by atoms with Crippen molar-refractivity contribution in [3.8, 4) is 5.75 Å². The summed E-state index contributed by atoms with van der Waals surface area (Å²) >= 11 is 6.54. The third kappa shape index (κ3) is 2.53. The number of benzene rings is 1. The van der Waals surface area contributed by atoms with Crippen LogP contribution in [0.25, 0.3) is 0 Å². The van der Waals surface area contributed by atoms with Crippen LogP contribution in [0.3, 0.4) is 0 Å². The summed E-state index contributed by atoms with van der Waals surface area (Å²) in [6, 6.07) is 4.33. The van der Waals surface area contributed by atoms with E-state index in [0.717, 1.165) is 47.7 Å². The summed E-state index contributed by atoms with van der Waals surface area (Å²) in [6.45, 7) is 4.20. The molecule has 0 saturated heterocycles. The lowest BCUT2D eigenvalue weighted by Gasteiger charge is -2.15. The van der Waals surface area contributed by atoms with Crippen molar-refractivity contribution in [2.45, 2.75) is 39.5 Å². The smallest absolute Gasteiger partial charge is 0.123 e. The topological polar surface area (TPSA) is 22.1 Å². The van der Waals surface area contributed by atoms with E-state index in [1.54, 1.807) is 7.11 Å². The molecule has 2 aromatic rings. The van der Waals surface area contributed by atoms with Crippen molar-refractivity contribution < 1.29 is 4.74 Å². The zero-order chi connectivity index (χ0) is 15.0. The third-order valence-corrected chi connectivity index (χ3v) is 4.88. The molecular formula is C18H20ClNO. The van der Waals surface area contributed by atoms with Crippen LogP contribution in [0.5, 0.6) is 5.75 Å². The monoisotopic (exact) mass is 301 g/mol. The Hall–Kier alpha value is -1.54. The lowest BCUT2D eigenvalue weighted by molar-refractivity contribution is 0.409. The van der Waals surface area contributed by atoms with Crippen LogP contribution in [0.4, 0.5) is 0 Å². The molecule has 0 aliphatic heterocycles. The van der Waals surface area contributed by atoms with Crippen LogP contribution in [0, 0.1) is 6.92 Å². The van der Waals surface area contributed by atoms with Gasteiger partial charge < -0.3 is 4.74 Å². The zero-order valence-electron chi connectivity index (χ0n) is 12.8. The molecule has 3 heteroatoms. The number of halogens is 1. The molecule has 0 atom stereocenters. The zero-order valence-corrected chi connectivity index (χ0v) is 13.5. The van der Waals surface area contributed by atoms with Crippen molar-refractivity contribution in [3.63, 3.8) is 0 Å². The maximum absolute atomic E-state index is 6.54. The largest absolute Gasteiger partial charge is 0.496 e. The Labute approximate surface area is 131 Å². The molecule has 21 heavy (non-hydrogen) atoms. The van der Waals surface area contributed by atoms with Crippen LogP contribution < -0.4 is 4.74 Å². The van der Waals surface area contributed by atoms with Crippen molar-refractivity contribution in [2.24, 2.45) is 0 Å². The Morgan fingerprint density at radius 2 is 2.05 bits per heavy atom. The van der Waals surface area contributed by atoms with E-state index in [9.17, 15) is 0 Å². The molecule has 1 aliphatic carbocycles. The molecule has 0 radical (unpaired) electrons. The van der Waals surface area contributed by atoms with Gasteiger partial charge in [0, 0.05) is 28.9 Å². The molecule has 3 rings (SSSR count). The fourth-order valence-electron chi connectivity index (χ4n) is 3.09. The summed E-state index contributed by atoms with van der Waals surface area (Å²) in [5.41, 5.74) is 7.31. The summed E-state index contributed by atoms with van der Waals surface area (Å²) in [6.07, 6.45) is 5.77. The lowest BCUT2D eigenvalue weighted by atomic mass is 9.98. The van der Waals surface area contributed by atoms with Crippen molar-refractivity contribution in [1.82, 2.24) is 4.98 Å². The van der Waals surface area contributed by atoms with E-state index in [4.69, 9.17) is 16.3 Å². The van der Waals surface area contributed by atoms with Gasteiger partial charge in [-0.1, -0.05) is 24.6 Å². The molecule has 0 bridgehead atoms. The Bertz CT molecular complexity index is 694. The van der Waals surface area contributed by atoms with Crippen LogP contribution >= 0.6 is 11.6 Å². The van der Waals surface area contributed by atoms with E-state index in [1.165, 1.54) is 22.3 Å². The predicted octanol–water partition coefficient (Wildman–Crippen LogP) is 4.30. The van der Waals surface area contributed by atoms with Crippen molar-refractivity contribution in [2.75, 3.05) is 7.11 Å². The van der Waals surface area contributed by atoms with Gasteiger partial charge in [-0.25, -0.2) is 0 Å². The Kier molecular flexibility index (Phi) is 3.90. The second kappa shape index (κ2) is 5.69. The van der Waals surface area contributed by atoms with Crippen LogP contribution in [0.15, 0.2) is 18.3 Å². The summed E-state index contributed by atoms with van der Waals surface area (Å²) in [5.74, 6) is 0.932. The number of nitrogens with zero attached hydrogens (tertiary/aromatic N) is 1. The van der Waals surface area contributed by atoms with E-state index < -0.39 is 0 Å².